The van der Waals surface area contributed by atoms with E-state index in [2.05, 4.69) is 5.10 Å². The molecule has 6 nitrogen and oxygen atoms in total. The molecule has 3 rings (SSSR count). The first-order valence-electron chi connectivity index (χ1n) is 8.49. The van der Waals surface area contributed by atoms with Gasteiger partial charge in [0.15, 0.2) is 0 Å². The molecule has 0 radical (unpaired) electrons. The van der Waals surface area contributed by atoms with E-state index < -0.39 is 11.7 Å². The number of morpholine rings is 1. The van der Waals surface area contributed by atoms with Crippen LogP contribution in [-0.4, -0.2) is 51.7 Å². The van der Waals surface area contributed by atoms with E-state index in [-0.39, 0.29) is 12.2 Å². The number of para-hydroxylation sites is 1. The Morgan fingerprint density at radius 2 is 1.68 bits per heavy atom. The number of Topliss-reactive ketones (excluding diaryl/α,β-unsaturated/α-hetero) is 1. The zero-order valence-corrected chi connectivity index (χ0v) is 15.0. The van der Waals surface area contributed by atoms with Gasteiger partial charge >= 0.3 is 0 Å². The Morgan fingerprint density at radius 1 is 1.08 bits per heavy atom. The fourth-order valence-electron chi connectivity index (χ4n) is 3.39. The van der Waals surface area contributed by atoms with Crippen LogP contribution in [0.3, 0.4) is 0 Å². The minimum absolute atomic E-state index is 0.0743. The molecule has 6 heteroatoms. The van der Waals surface area contributed by atoms with Crippen molar-refractivity contribution in [3.63, 3.8) is 0 Å². The molecule has 1 aromatic heterocycles. The molecule has 1 aromatic carbocycles. The summed E-state index contributed by atoms with van der Waals surface area (Å²) in [6.45, 7) is 8.25. The van der Waals surface area contributed by atoms with E-state index in [1.54, 1.807) is 16.5 Å². The van der Waals surface area contributed by atoms with Crippen LogP contribution in [0.5, 0.6) is 0 Å². The molecular formula is C19H23N3O3. The second-order valence-electron chi connectivity index (χ2n) is 6.59. The molecule has 0 spiro atoms. The third-order valence-corrected chi connectivity index (χ3v) is 4.42. The average molecular weight is 341 g/mol. The van der Waals surface area contributed by atoms with Gasteiger partial charge in [0, 0.05) is 13.1 Å². The van der Waals surface area contributed by atoms with Crippen molar-refractivity contribution in [3.8, 4) is 5.69 Å². The normalized spacial score (nSPS) is 20.6. The van der Waals surface area contributed by atoms with E-state index in [9.17, 15) is 9.59 Å². The van der Waals surface area contributed by atoms with Crippen LogP contribution in [0, 0.1) is 13.8 Å². The Bertz CT molecular complexity index is 788. The maximum absolute atomic E-state index is 12.9. The number of rotatable bonds is 3. The predicted molar refractivity (Wildman–Crippen MR) is 94.0 cm³/mol. The van der Waals surface area contributed by atoms with Gasteiger partial charge in [-0.25, -0.2) is 4.68 Å². The van der Waals surface area contributed by atoms with Gasteiger partial charge in [0.1, 0.15) is 0 Å². The number of hydrogen-bond donors (Lipinski definition) is 0. The summed E-state index contributed by atoms with van der Waals surface area (Å²) in [6.07, 6.45) is -0.149. The zero-order chi connectivity index (χ0) is 18.1. The summed E-state index contributed by atoms with van der Waals surface area (Å²) >= 11 is 0. The molecule has 1 fully saturated rings. The number of hydrogen-bond acceptors (Lipinski definition) is 4. The molecule has 0 bridgehead atoms. The maximum Gasteiger partial charge on any atom is 0.295 e. The van der Waals surface area contributed by atoms with Gasteiger partial charge in [-0.15, -0.1) is 0 Å². The molecule has 25 heavy (non-hydrogen) atoms. The molecule has 2 heterocycles. The second kappa shape index (κ2) is 6.80. The lowest BCUT2D eigenvalue weighted by Gasteiger charge is -2.34. The number of amides is 1. The highest BCUT2D eigenvalue weighted by Gasteiger charge is 2.33. The maximum atomic E-state index is 12.9. The number of aromatic nitrogens is 2. The number of carbonyl (C=O) groups excluding carboxylic acids is 2. The fourth-order valence-corrected chi connectivity index (χ4v) is 3.39. The molecule has 2 aromatic rings. The van der Waals surface area contributed by atoms with E-state index in [0.29, 0.717) is 30.0 Å². The van der Waals surface area contributed by atoms with Gasteiger partial charge < -0.3 is 9.64 Å². The first kappa shape index (κ1) is 17.4. The molecule has 2 atom stereocenters. The van der Waals surface area contributed by atoms with Crippen molar-refractivity contribution < 1.29 is 14.3 Å². The Morgan fingerprint density at radius 3 is 2.28 bits per heavy atom. The second-order valence-corrected chi connectivity index (χ2v) is 6.59. The minimum atomic E-state index is -0.501. The first-order chi connectivity index (χ1) is 11.9. The van der Waals surface area contributed by atoms with Crippen molar-refractivity contribution in [2.45, 2.75) is 39.9 Å². The van der Waals surface area contributed by atoms with E-state index in [1.807, 2.05) is 51.1 Å². The largest absolute Gasteiger partial charge is 0.372 e. The Kier molecular flexibility index (Phi) is 4.72. The molecule has 0 unspecified atom stereocenters. The molecule has 1 aliphatic rings. The molecule has 1 saturated heterocycles. The SMILES string of the molecule is Cc1nn(-c2ccccc2)c(C)c1C(=O)C(=O)N1C[C@@H](C)O[C@H](C)C1. The lowest BCUT2D eigenvalue weighted by molar-refractivity contribution is -0.138. The van der Waals surface area contributed by atoms with E-state index in [4.69, 9.17) is 4.74 Å². The van der Waals surface area contributed by atoms with Crippen LogP contribution in [0.25, 0.3) is 5.69 Å². The number of ketones is 1. The van der Waals surface area contributed by atoms with Crippen molar-refractivity contribution in [3.05, 3.63) is 47.3 Å². The third kappa shape index (κ3) is 3.35. The van der Waals surface area contributed by atoms with Crippen LogP contribution >= 0.6 is 0 Å². The van der Waals surface area contributed by atoms with Gasteiger partial charge in [0.2, 0.25) is 0 Å². The molecule has 1 amide bonds. The monoisotopic (exact) mass is 341 g/mol. The van der Waals surface area contributed by atoms with Crippen LogP contribution in [0.15, 0.2) is 30.3 Å². The summed E-state index contributed by atoms with van der Waals surface area (Å²) < 4.78 is 7.35. The minimum Gasteiger partial charge on any atom is -0.372 e. The quantitative estimate of drug-likeness (QED) is 0.635. The molecule has 0 saturated carbocycles. The van der Waals surface area contributed by atoms with Gasteiger partial charge in [-0.2, -0.15) is 5.10 Å². The van der Waals surface area contributed by atoms with Crippen molar-refractivity contribution in [1.82, 2.24) is 14.7 Å². The van der Waals surface area contributed by atoms with Crippen LogP contribution < -0.4 is 0 Å². The topological polar surface area (TPSA) is 64.4 Å². The van der Waals surface area contributed by atoms with Crippen molar-refractivity contribution in [1.29, 1.82) is 0 Å². The standard InChI is InChI=1S/C19H23N3O3/c1-12-10-21(11-13(2)25-12)19(24)18(23)17-14(3)20-22(15(17)4)16-8-6-5-7-9-16/h5-9,12-13H,10-11H2,1-4H3/t12-,13-/m1/s1. The number of carbonyl (C=O) groups is 2. The van der Waals surface area contributed by atoms with Gasteiger partial charge in [-0.05, 0) is 39.8 Å². The van der Waals surface area contributed by atoms with Crippen LogP contribution in [0.4, 0.5) is 0 Å². The highest BCUT2D eigenvalue weighted by atomic mass is 16.5. The molecule has 132 valence electrons. The van der Waals surface area contributed by atoms with Crippen molar-refractivity contribution >= 4 is 11.7 Å². The summed E-state index contributed by atoms with van der Waals surface area (Å²) in [5.41, 5.74) is 2.49. The lowest BCUT2D eigenvalue weighted by Crippen LogP contribution is -2.50. The van der Waals surface area contributed by atoms with E-state index >= 15 is 0 Å². The molecule has 0 aliphatic carbocycles. The van der Waals surface area contributed by atoms with Crippen LogP contribution in [0.2, 0.25) is 0 Å². The van der Waals surface area contributed by atoms with Crippen molar-refractivity contribution in [2.75, 3.05) is 13.1 Å². The van der Waals surface area contributed by atoms with Crippen molar-refractivity contribution in [2.24, 2.45) is 0 Å². The Balaban J connectivity index is 1.90. The Hall–Kier alpha value is -2.47. The lowest BCUT2D eigenvalue weighted by atomic mass is 10.1. The first-order valence-corrected chi connectivity index (χ1v) is 8.49. The highest BCUT2D eigenvalue weighted by molar-refractivity contribution is 6.43. The summed E-state index contributed by atoms with van der Waals surface area (Å²) in [7, 11) is 0. The number of nitrogens with zero attached hydrogens (tertiary/aromatic N) is 3. The Labute approximate surface area is 147 Å². The number of aryl methyl sites for hydroxylation is 1. The molecular weight excluding hydrogens is 318 g/mol. The number of ether oxygens (including phenoxy) is 1. The van der Waals surface area contributed by atoms with Gasteiger partial charge in [0.25, 0.3) is 11.7 Å². The summed E-state index contributed by atoms with van der Waals surface area (Å²) in [5.74, 6) is -0.987. The highest BCUT2D eigenvalue weighted by Crippen LogP contribution is 2.20. The van der Waals surface area contributed by atoms with Gasteiger partial charge in [-0.3, -0.25) is 9.59 Å². The van der Waals surface area contributed by atoms with Gasteiger partial charge in [-0.1, -0.05) is 18.2 Å². The third-order valence-electron chi connectivity index (χ3n) is 4.42. The average Bonchev–Trinajstić information content (AvgIpc) is 2.88. The molecule has 0 N–H and O–H groups in total. The molecule has 1 aliphatic heterocycles. The smallest absolute Gasteiger partial charge is 0.295 e. The summed E-state index contributed by atoms with van der Waals surface area (Å²) in [5, 5.41) is 4.46. The van der Waals surface area contributed by atoms with E-state index in [1.165, 1.54) is 0 Å². The van der Waals surface area contributed by atoms with Gasteiger partial charge in [0.05, 0.1) is 34.8 Å². The summed E-state index contributed by atoms with van der Waals surface area (Å²) in [6, 6.07) is 9.58. The van der Waals surface area contributed by atoms with E-state index in [0.717, 1.165) is 5.69 Å². The predicted octanol–water partition coefficient (Wildman–Crippen LogP) is 2.31. The zero-order valence-electron chi connectivity index (χ0n) is 15.0. The summed E-state index contributed by atoms with van der Waals surface area (Å²) in [4.78, 5) is 27.2. The fraction of sp³-hybridized carbons (Fsp3) is 0.421. The van der Waals surface area contributed by atoms with Crippen LogP contribution in [-0.2, 0) is 9.53 Å². The van der Waals surface area contributed by atoms with Crippen LogP contribution in [0.1, 0.15) is 35.6 Å². The number of benzene rings is 1.